The maximum atomic E-state index is 5.66. The number of hydrogen-bond donors (Lipinski definition) is 1. The van der Waals surface area contributed by atoms with Gasteiger partial charge in [-0.15, -0.1) is 0 Å². The first kappa shape index (κ1) is 17.8. The lowest BCUT2D eigenvalue weighted by Crippen LogP contribution is -2.18. The Morgan fingerprint density at radius 1 is 1.14 bits per heavy atom. The highest BCUT2D eigenvalue weighted by molar-refractivity contribution is 5.42. The van der Waals surface area contributed by atoms with E-state index >= 15 is 0 Å². The van der Waals surface area contributed by atoms with E-state index in [9.17, 15) is 0 Å². The molecule has 0 aliphatic heterocycles. The Bertz CT molecular complexity index is 394. The first-order chi connectivity index (χ1) is 10.2. The molecule has 0 aromatic heterocycles. The van der Waals surface area contributed by atoms with Crippen LogP contribution >= 0.6 is 0 Å². The van der Waals surface area contributed by atoms with Crippen molar-refractivity contribution in [3.05, 3.63) is 23.8 Å². The van der Waals surface area contributed by atoms with Crippen LogP contribution in [0.15, 0.2) is 18.2 Å². The summed E-state index contributed by atoms with van der Waals surface area (Å²) in [5.41, 5.74) is 1.23. The van der Waals surface area contributed by atoms with Crippen molar-refractivity contribution in [1.29, 1.82) is 0 Å². The summed E-state index contributed by atoms with van der Waals surface area (Å²) < 4.78 is 11.1. The normalized spacial score (nSPS) is 10.9. The first-order valence-electron chi connectivity index (χ1n) is 7.82. The zero-order valence-electron chi connectivity index (χ0n) is 13.9. The minimum atomic E-state index is 0.722. The Kier molecular flexibility index (Phi) is 8.87. The summed E-state index contributed by atoms with van der Waals surface area (Å²) in [7, 11) is 5.91. The fourth-order valence-corrected chi connectivity index (χ4v) is 2.06. The summed E-state index contributed by atoms with van der Waals surface area (Å²) in [5, 5.41) is 3.47. The molecule has 0 spiro atoms. The van der Waals surface area contributed by atoms with Gasteiger partial charge < -0.3 is 19.7 Å². The molecule has 0 saturated heterocycles. The number of unbranched alkanes of at least 4 members (excludes halogenated alkanes) is 1. The molecule has 0 aliphatic rings. The lowest BCUT2D eigenvalue weighted by Gasteiger charge is -2.12. The Morgan fingerprint density at radius 3 is 2.62 bits per heavy atom. The lowest BCUT2D eigenvalue weighted by atomic mass is 10.2. The van der Waals surface area contributed by atoms with Gasteiger partial charge in [0, 0.05) is 6.54 Å². The van der Waals surface area contributed by atoms with Crippen LogP contribution in [0.1, 0.15) is 31.7 Å². The summed E-state index contributed by atoms with van der Waals surface area (Å²) in [6.45, 7) is 5.89. The predicted octanol–water partition coefficient (Wildman–Crippen LogP) is 2.92. The van der Waals surface area contributed by atoms with Crippen molar-refractivity contribution in [2.45, 2.75) is 32.7 Å². The number of ether oxygens (including phenoxy) is 2. The molecule has 0 radical (unpaired) electrons. The SMILES string of the molecule is CCCOc1ccc(CNCCCCN(C)C)cc1OC. The predicted molar refractivity (Wildman–Crippen MR) is 88.3 cm³/mol. The van der Waals surface area contributed by atoms with E-state index in [-0.39, 0.29) is 0 Å². The highest BCUT2D eigenvalue weighted by atomic mass is 16.5. The number of hydrogen-bond acceptors (Lipinski definition) is 4. The zero-order chi connectivity index (χ0) is 15.5. The maximum Gasteiger partial charge on any atom is 0.161 e. The number of methoxy groups -OCH3 is 1. The smallest absolute Gasteiger partial charge is 0.161 e. The van der Waals surface area contributed by atoms with E-state index in [1.165, 1.54) is 18.4 Å². The van der Waals surface area contributed by atoms with Gasteiger partial charge in [0.2, 0.25) is 0 Å². The van der Waals surface area contributed by atoms with Gasteiger partial charge in [-0.05, 0) is 64.1 Å². The Hall–Kier alpha value is -1.26. The van der Waals surface area contributed by atoms with Crippen molar-refractivity contribution in [2.24, 2.45) is 0 Å². The number of benzene rings is 1. The molecule has 120 valence electrons. The van der Waals surface area contributed by atoms with Crippen LogP contribution in [0.3, 0.4) is 0 Å². The zero-order valence-corrected chi connectivity index (χ0v) is 13.9. The third-order valence-electron chi connectivity index (χ3n) is 3.23. The summed E-state index contributed by atoms with van der Waals surface area (Å²) in [4.78, 5) is 2.22. The molecule has 0 bridgehead atoms. The number of nitrogens with zero attached hydrogens (tertiary/aromatic N) is 1. The van der Waals surface area contributed by atoms with Crippen molar-refractivity contribution in [3.63, 3.8) is 0 Å². The first-order valence-corrected chi connectivity index (χ1v) is 7.82. The van der Waals surface area contributed by atoms with E-state index in [0.717, 1.165) is 44.2 Å². The monoisotopic (exact) mass is 294 g/mol. The standard InChI is InChI=1S/C17H30N2O2/c1-5-12-21-16-9-8-15(13-17(16)20-4)14-18-10-6-7-11-19(2)3/h8-9,13,18H,5-7,10-12,14H2,1-4H3. The second-order valence-corrected chi connectivity index (χ2v) is 5.52. The summed E-state index contributed by atoms with van der Waals surface area (Å²) >= 11 is 0. The molecule has 0 fully saturated rings. The molecule has 1 N–H and O–H groups in total. The molecular weight excluding hydrogens is 264 g/mol. The van der Waals surface area contributed by atoms with E-state index < -0.39 is 0 Å². The maximum absolute atomic E-state index is 5.66. The van der Waals surface area contributed by atoms with Crippen LogP contribution in [0.25, 0.3) is 0 Å². The van der Waals surface area contributed by atoms with Gasteiger partial charge in [-0.25, -0.2) is 0 Å². The van der Waals surface area contributed by atoms with Gasteiger partial charge in [0.15, 0.2) is 11.5 Å². The third-order valence-corrected chi connectivity index (χ3v) is 3.23. The molecule has 4 heteroatoms. The van der Waals surface area contributed by atoms with Gasteiger partial charge in [0.05, 0.1) is 13.7 Å². The number of nitrogens with one attached hydrogen (secondary N) is 1. The summed E-state index contributed by atoms with van der Waals surface area (Å²) in [6, 6.07) is 6.15. The quantitative estimate of drug-likeness (QED) is 0.636. The van der Waals surface area contributed by atoms with Gasteiger partial charge in [-0.3, -0.25) is 0 Å². The van der Waals surface area contributed by atoms with Crippen LogP contribution in [0.2, 0.25) is 0 Å². The van der Waals surface area contributed by atoms with Crippen molar-refractivity contribution in [2.75, 3.05) is 40.9 Å². The van der Waals surface area contributed by atoms with Gasteiger partial charge in [0.1, 0.15) is 0 Å². The second-order valence-electron chi connectivity index (χ2n) is 5.52. The van der Waals surface area contributed by atoms with Crippen LogP contribution in [-0.2, 0) is 6.54 Å². The van der Waals surface area contributed by atoms with Crippen LogP contribution < -0.4 is 14.8 Å². The van der Waals surface area contributed by atoms with Gasteiger partial charge in [-0.1, -0.05) is 13.0 Å². The van der Waals surface area contributed by atoms with Crippen molar-refractivity contribution in [3.8, 4) is 11.5 Å². The van der Waals surface area contributed by atoms with Crippen LogP contribution in [-0.4, -0.2) is 45.8 Å². The molecule has 1 aromatic carbocycles. The molecule has 0 saturated carbocycles. The molecule has 1 aromatic rings. The molecule has 4 nitrogen and oxygen atoms in total. The van der Waals surface area contributed by atoms with Crippen molar-refractivity contribution >= 4 is 0 Å². The van der Waals surface area contributed by atoms with Crippen molar-refractivity contribution in [1.82, 2.24) is 10.2 Å². The van der Waals surface area contributed by atoms with E-state index in [1.807, 2.05) is 6.07 Å². The largest absolute Gasteiger partial charge is 0.493 e. The molecule has 21 heavy (non-hydrogen) atoms. The minimum Gasteiger partial charge on any atom is -0.493 e. The second kappa shape index (κ2) is 10.5. The molecule has 0 unspecified atom stereocenters. The fraction of sp³-hybridized carbons (Fsp3) is 0.647. The fourth-order valence-electron chi connectivity index (χ4n) is 2.06. The van der Waals surface area contributed by atoms with E-state index in [2.05, 4.69) is 43.4 Å². The van der Waals surface area contributed by atoms with Gasteiger partial charge in [0.25, 0.3) is 0 Å². The molecule has 1 rings (SSSR count). The summed E-state index contributed by atoms with van der Waals surface area (Å²) in [6.07, 6.45) is 3.43. The Labute approximate surface area is 129 Å². The number of rotatable bonds is 11. The molecule has 0 amide bonds. The highest BCUT2D eigenvalue weighted by Crippen LogP contribution is 2.28. The molecule has 0 atom stereocenters. The molecule has 0 heterocycles. The topological polar surface area (TPSA) is 33.7 Å². The van der Waals surface area contributed by atoms with Gasteiger partial charge >= 0.3 is 0 Å². The highest BCUT2D eigenvalue weighted by Gasteiger charge is 2.05. The third kappa shape index (κ3) is 7.34. The van der Waals surface area contributed by atoms with Gasteiger partial charge in [-0.2, -0.15) is 0 Å². The van der Waals surface area contributed by atoms with Crippen LogP contribution in [0, 0.1) is 0 Å². The Morgan fingerprint density at radius 2 is 1.95 bits per heavy atom. The average molecular weight is 294 g/mol. The van der Waals surface area contributed by atoms with Crippen LogP contribution in [0.5, 0.6) is 11.5 Å². The van der Waals surface area contributed by atoms with E-state index in [4.69, 9.17) is 9.47 Å². The molecule has 0 aliphatic carbocycles. The lowest BCUT2D eigenvalue weighted by molar-refractivity contribution is 0.294. The van der Waals surface area contributed by atoms with Crippen molar-refractivity contribution < 1.29 is 9.47 Å². The molecular formula is C17H30N2O2. The van der Waals surface area contributed by atoms with E-state index in [0.29, 0.717) is 0 Å². The van der Waals surface area contributed by atoms with Crippen LogP contribution in [0.4, 0.5) is 0 Å². The Balaban J connectivity index is 2.35. The summed E-state index contributed by atoms with van der Waals surface area (Å²) in [5.74, 6) is 1.64. The minimum absolute atomic E-state index is 0.722. The average Bonchev–Trinajstić information content (AvgIpc) is 2.48. The van der Waals surface area contributed by atoms with E-state index in [1.54, 1.807) is 7.11 Å².